The predicted octanol–water partition coefficient (Wildman–Crippen LogP) is 3.75. The van der Waals surface area contributed by atoms with E-state index in [1.165, 1.54) is 5.41 Å². The molecule has 0 radical (unpaired) electrons. The lowest BCUT2D eigenvalue weighted by Crippen LogP contribution is -1.96. The Morgan fingerprint density at radius 2 is 1.53 bits per heavy atom. The summed E-state index contributed by atoms with van der Waals surface area (Å²) in [5.41, 5.74) is 3.01. The van der Waals surface area contributed by atoms with Crippen LogP contribution in [0.2, 0.25) is 0 Å². The van der Waals surface area contributed by atoms with E-state index in [0.29, 0.717) is 4.90 Å². The van der Waals surface area contributed by atoms with E-state index in [1.807, 2.05) is 38.1 Å². The lowest BCUT2D eigenvalue weighted by Gasteiger charge is -2.01. The Labute approximate surface area is 114 Å². The van der Waals surface area contributed by atoms with E-state index in [9.17, 15) is 8.42 Å². The first kappa shape index (κ1) is 13.6. The first-order chi connectivity index (χ1) is 8.99. The van der Waals surface area contributed by atoms with Gasteiger partial charge >= 0.3 is 0 Å². The maximum absolute atomic E-state index is 12.1. The normalized spacial score (nSPS) is 11.9. The number of sulfone groups is 1. The number of benzene rings is 2. The SMILES string of the molecule is Cc1ccc(S(=O)(=O)/C=C/c2ccccc2C)cc1. The van der Waals surface area contributed by atoms with Gasteiger partial charge in [-0.05, 0) is 43.2 Å². The van der Waals surface area contributed by atoms with E-state index < -0.39 is 9.84 Å². The number of hydrogen-bond acceptors (Lipinski definition) is 2. The van der Waals surface area contributed by atoms with Gasteiger partial charge in [-0.2, -0.15) is 0 Å². The molecule has 0 aliphatic carbocycles. The van der Waals surface area contributed by atoms with Gasteiger partial charge in [0.05, 0.1) is 4.90 Å². The highest BCUT2D eigenvalue weighted by Gasteiger charge is 2.09. The fourth-order valence-corrected chi connectivity index (χ4v) is 2.74. The van der Waals surface area contributed by atoms with E-state index in [2.05, 4.69) is 0 Å². The van der Waals surface area contributed by atoms with Gasteiger partial charge in [0.1, 0.15) is 0 Å². The first-order valence-corrected chi connectivity index (χ1v) is 7.59. The lowest BCUT2D eigenvalue weighted by atomic mass is 10.1. The third-order valence-corrected chi connectivity index (χ3v) is 4.39. The average Bonchev–Trinajstić information content (AvgIpc) is 2.38. The van der Waals surface area contributed by atoms with Gasteiger partial charge in [0, 0.05) is 5.41 Å². The highest BCUT2D eigenvalue weighted by Crippen LogP contribution is 2.16. The topological polar surface area (TPSA) is 34.1 Å². The first-order valence-electron chi connectivity index (χ1n) is 6.04. The summed E-state index contributed by atoms with van der Waals surface area (Å²) in [4.78, 5) is 0.322. The summed E-state index contributed by atoms with van der Waals surface area (Å²) in [6.45, 7) is 3.89. The molecule has 0 saturated heterocycles. The van der Waals surface area contributed by atoms with E-state index in [4.69, 9.17) is 0 Å². The molecule has 0 N–H and O–H groups in total. The van der Waals surface area contributed by atoms with Crippen LogP contribution in [0.25, 0.3) is 6.08 Å². The molecule has 98 valence electrons. The van der Waals surface area contributed by atoms with E-state index in [-0.39, 0.29) is 0 Å². The van der Waals surface area contributed by atoms with Crippen molar-refractivity contribution in [1.29, 1.82) is 0 Å². The molecule has 0 fully saturated rings. The van der Waals surface area contributed by atoms with Crippen molar-refractivity contribution in [3.8, 4) is 0 Å². The van der Waals surface area contributed by atoms with E-state index in [0.717, 1.165) is 16.7 Å². The molecule has 0 heterocycles. The molecule has 0 aromatic heterocycles. The van der Waals surface area contributed by atoms with Crippen LogP contribution in [0, 0.1) is 13.8 Å². The fraction of sp³-hybridized carbons (Fsp3) is 0.125. The van der Waals surface area contributed by atoms with E-state index in [1.54, 1.807) is 30.3 Å². The molecular formula is C16H16O2S. The zero-order valence-electron chi connectivity index (χ0n) is 11.0. The third-order valence-electron chi connectivity index (χ3n) is 2.96. The molecule has 2 nitrogen and oxygen atoms in total. The molecule has 0 aliphatic heterocycles. The molecule has 0 saturated carbocycles. The van der Waals surface area contributed by atoms with Crippen LogP contribution in [0.5, 0.6) is 0 Å². The second kappa shape index (κ2) is 5.41. The van der Waals surface area contributed by atoms with Gasteiger partial charge in [0.25, 0.3) is 0 Å². The highest BCUT2D eigenvalue weighted by molar-refractivity contribution is 7.94. The van der Waals surface area contributed by atoms with Crippen molar-refractivity contribution in [3.63, 3.8) is 0 Å². The predicted molar refractivity (Wildman–Crippen MR) is 78.6 cm³/mol. The Kier molecular flexibility index (Phi) is 3.86. The molecular weight excluding hydrogens is 256 g/mol. The zero-order chi connectivity index (χ0) is 13.9. The Morgan fingerprint density at radius 1 is 0.895 bits per heavy atom. The summed E-state index contributed by atoms with van der Waals surface area (Å²) >= 11 is 0. The molecule has 0 spiro atoms. The molecule has 19 heavy (non-hydrogen) atoms. The van der Waals surface area contributed by atoms with Crippen molar-refractivity contribution < 1.29 is 8.42 Å². The largest absolute Gasteiger partial charge is 0.219 e. The number of hydrogen-bond donors (Lipinski definition) is 0. The number of aryl methyl sites for hydroxylation is 2. The maximum Gasteiger partial charge on any atom is 0.199 e. The zero-order valence-corrected chi connectivity index (χ0v) is 11.8. The molecule has 0 amide bonds. The summed E-state index contributed by atoms with van der Waals surface area (Å²) in [6.07, 6.45) is 1.64. The van der Waals surface area contributed by atoms with Crippen LogP contribution in [-0.2, 0) is 9.84 Å². The molecule has 2 rings (SSSR count). The Morgan fingerprint density at radius 3 is 2.16 bits per heavy atom. The minimum absolute atomic E-state index is 0.322. The van der Waals surface area contributed by atoms with Crippen LogP contribution in [0.15, 0.2) is 58.8 Å². The fourth-order valence-electron chi connectivity index (χ4n) is 1.74. The summed E-state index contributed by atoms with van der Waals surface area (Å²) in [7, 11) is -3.37. The standard InChI is InChI=1S/C16H16O2S/c1-13-7-9-16(10-8-13)19(17,18)12-11-15-6-4-3-5-14(15)2/h3-12H,1-2H3/b12-11+. The van der Waals surface area contributed by atoms with Gasteiger partial charge in [-0.15, -0.1) is 0 Å². The minimum atomic E-state index is -3.37. The van der Waals surface area contributed by atoms with Crippen LogP contribution >= 0.6 is 0 Å². The quantitative estimate of drug-likeness (QED) is 0.852. The van der Waals surface area contributed by atoms with Gasteiger partial charge < -0.3 is 0 Å². The van der Waals surface area contributed by atoms with Crippen LogP contribution in [0.1, 0.15) is 16.7 Å². The molecule has 3 heteroatoms. The van der Waals surface area contributed by atoms with Crippen molar-refractivity contribution in [2.75, 3.05) is 0 Å². The smallest absolute Gasteiger partial charge is 0.199 e. The van der Waals surface area contributed by atoms with Crippen molar-refractivity contribution in [1.82, 2.24) is 0 Å². The Balaban J connectivity index is 2.32. The van der Waals surface area contributed by atoms with Crippen LogP contribution in [0.3, 0.4) is 0 Å². The lowest BCUT2D eigenvalue weighted by molar-refractivity contribution is 0.605. The third kappa shape index (κ3) is 3.32. The van der Waals surface area contributed by atoms with E-state index >= 15 is 0 Å². The monoisotopic (exact) mass is 272 g/mol. The molecule has 2 aromatic carbocycles. The van der Waals surface area contributed by atoms with Crippen LogP contribution < -0.4 is 0 Å². The van der Waals surface area contributed by atoms with Crippen molar-refractivity contribution in [2.24, 2.45) is 0 Å². The second-order valence-electron chi connectivity index (χ2n) is 4.52. The summed E-state index contributed by atoms with van der Waals surface area (Å²) in [5, 5.41) is 1.26. The van der Waals surface area contributed by atoms with Gasteiger partial charge in [-0.3, -0.25) is 0 Å². The molecule has 0 atom stereocenters. The van der Waals surface area contributed by atoms with Gasteiger partial charge in [0.2, 0.25) is 0 Å². The molecule has 0 unspecified atom stereocenters. The average molecular weight is 272 g/mol. The Bertz CT molecular complexity index is 696. The van der Waals surface area contributed by atoms with Crippen molar-refractivity contribution >= 4 is 15.9 Å². The summed E-state index contributed by atoms with van der Waals surface area (Å²) in [5.74, 6) is 0. The number of rotatable bonds is 3. The van der Waals surface area contributed by atoms with Crippen molar-refractivity contribution in [2.45, 2.75) is 18.7 Å². The van der Waals surface area contributed by atoms with Crippen molar-refractivity contribution in [3.05, 3.63) is 70.6 Å². The maximum atomic E-state index is 12.1. The van der Waals surface area contributed by atoms with Crippen LogP contribution in [0.4, 0.5) is 0 Å². The molecule has 2 aromatic rings. The van der Waals surface area contributed by atoms with Gasteiger partial charge in [-0.25, -0.2) is 8.42 Å². The summed E-state index contributed by atoms with van der Waals surface area (Å²) in [6, 6.07) is 14.5. The van der Waals surface area contributed by atoms with Gasteiger partial charge in [-0.1, -0.05) is 42.0 Å². The highest BCUT2D eigenvalue weighted by atomic mass is 32.2. The summed E-state index contributed by atoms with van der Waals surface area (Å²) < 4.78 is 24.3. The Hall–Kier alpha value is -1.87. The second-order valence-corrected chi connectivity index (χ2v) is 6.35. The molecule has 0 aliphatic rings. The molecule has 0 bridgehead atoms. The van der Waals surface area contributed by atoms with Crippen LogP contribution in [-0.4, -0.2) is 8.42 Å². The minimum Gasteiger partial charge on any atom is -0.219 e. The van der Waals surface area contributed by atoms with Gasteiger partial charge in [0.15, 0.2) is 9.84 Å².